The molecule has 0 amide bonds. The van der Waals surface area contributed by atoms with Crippen LogP contribution in [0.1, 0.15) is 27.9 Å². The third-order valence-electron chi connectivity index (χ3n) is 8.04. The van der Waals surface area contributed by atoms with Gasteiger partial charge in [0.05, 0.1) is 14.2 Å². The maximum absolute atomic E-state index is 13.3. The highest BCUT2D eigenvalue weighted by Crippen LogP contribution is 2.60. The van der Waals surface area contributed by atoms with Gasteiger partial charge in [-0.2, -0.15) is 0 Å². The standard InChI is InChI=1S/C24H29NO20/c1-44-9-3-7-5-18(32,17(31)8(7)4-10(9)45-2)6-19(33)21(36,37)23(40,41)25(24(42,43)22(19,38)39)20(34,35)11-12(26)14(28)16(30)15(29)13(11)27/h3-4,26-30,32-43H,5-6H2,1-2H3. The van der Waals surface area contributed by atoms with Crippen LogP contribution < -0.4 is 9.47 Å². The average molecular weight is 651 g/mol. The number of piperidine rings is 1. The van der Waals surface area contributed by atoms with Gasteiger partial charge >= 0.3 is 0 Å². The molecule has 250 valence electrons. The number of fused-ring (bicyclic) bond motifs is 1. The summed E-state index contributed by atoms with van der Waals surface area (Å²) in [7, 11) is 2.38. The number of ether oxygens (including phenoxy) is 2. The molecule has 1 heterocycles. The lowest BCUT2D eigenvalue weighted by Gasteiger charge is -2.65. The predicted octanol–water partition coefficient (Wildman–Crippen LogP) is -6.43. The van der Waals surface area contributed by atoms with Gasteiger partial charge in [0, 0.05) is 18.4 Å². The molecule has 0 saturated carbocycles. The third-order valence-corrected chi connectivity index (χ3v) is 8.04. The van der Waals surface area contributed by atoms with E-state index in [2.05, 4.69) is 0 Å². The number of aliphatic hydroxyl groups is 12. The minimum atomic E-state index is -5.25. The first-order valence-corrected chi connectivity index (χ1v) is 12.2. The highest BCUT2D eigenvalue weighted by Gasteiger charge is 2.88. The molecule has 0 spiro atoms. The minimum absolute atomic E-state index is 0.00662. The van der Waals surface area contributed by atoms with Gasteiger partial charge in [0.1, 0.15) is 11.2 Å². The van der Waals surface area contributed by atoms with Crippen LogP contribution in [0.4, 0.5) is 0 Å². The second-order valence-electron chi connectivity index (χ2n) is 10.6. The van der Waals surface area contributed by atoms with Crippen LogP contribution in [0.5, 0.6) is 40.2 Å². The van der Waals surface area contributed by atoms with E-state index in [0.29, 0.717) is 0 Å². The molecule has 21 nitrogen and oxygen atoms in total. The number of carbonyl (C=O) groups excluding carboxylic acids is 1. The summed E-state index contributed by atoms with van der Waals surface area (Å²) in [6.45, 7) is 0. The van der Waals surface area contributed by atoms with Crippen molar-refractivity contribution in [2.75, 3.05) is 14.2 Å². The number of ketones is 1. The van der Waals surface area contributed by atoms with Crippen molar-refractivity contribution >= 4 is 5.78 Å². The van der Waals surface area contributed by atoms with Crippen LogP contribution in [0.3, 0.4) is 0 Å². The first kappa shape index (κ1) is 34.1. The SMILES string of the molecule is COc1cc2c(cc1OC)C(=O)C(O)(CC1(O)C(O)(O)C(O)(O)N(C(O)(O)c3c(O)c(O)c(O)c(O)c3O)C(O)(O)C1(O)O)C2. The number of likely N-dealkylation sites (tertiary alicyclic amines) is 1. The lowest BCUT2D eigenvalue weighted by molar-refractivity contribution is -0.629. The summed E-state index contributed by atoms with van der Waals surface area (Å²) in [4.78, 5) is 11.6. The van der Waals surface area contributed by atoms with Crippen molar-refractivity contribution in [3.05, 3.63) is 28.8 Å². The Kier molecular flexibility index (Phi) is 7.27. The molecular formula is C24H29NO20. The number of phenolic OH excluding ortho intramolecular Hbond substituents is 5. The Labute approximate surface area is 249 Å². The normalized spacial score (nSPS) is 24.7. The van der Waals surface area contributed by atoms with E-state index >= 15 is 0 Å². The summed E-state index contributed by atoms with van der Waals surface area (Å²) in [6.07, 6.45) is -3.02. The van der Waals surface area contributed by atoms with E-state index in [4.69, 9.17) is 9.47 Å². The van der Waals surface area contributed by atoms with Crippen LogP contribution in [-0.4, -0.2) is 146 Å². The zero-order valence-corrected chi connectivity index (χ0v) is 22.8. The van der Waals surface area contributed by atoms with Gasteiger partial charge in [0.15, 0.2) is 34.4 Å². The Bertz CT molecular complexity index is 1520. The van der Waals surface area contributed by atoms with Gasteiger partial charge in [-0.3, -0.25) is 4.79 Å². The molecule has 21 heteroatoms. The molecule has 0 radical (unpaired) electrons. The predicted molar refractivity (Wildman–Crippen MR) is 133 cm³/mol. The number of rotatable bonds is 6. The lowest BCUT2D eigenvalue weighted by atomic mass is 9.68. The number of methoxy groups -OCH3 is 2. The highest BCUT2D eigenvalue weighted by molar-refractivity contribution is 6.07. The van der Waals surface area contributed by atoms with Gasteiger partial charge in [0.2, 0.25) is 17.2 Å². The monoisotopic (exact) mass is 651 g/mol. The van der Waals surface area contributed by atoms with E-state index in [0.717, 1.165) is 12.1 Å². The van der Waals surface area contributed by atoms with Crippen LogP contribution in [0.2, 0.25) is 0 Å². The molecule has 0 aromatic heterocycles. The van der Waals surface area contributed by atoms with Crippen LogP contribution in [-0.2, 0) is 12.3 Å². The number of hydrogen-bond acceptors (Lipinski definition) is 21. The van der Waals surface area contributed by atoms with Crippen molar-refractivity contribution in [3.63, 3.8) is 0 Å². The molecule has 1 saturated heterocycles. The smallest absolute Gasteiger partial charge is 0.294 e. The second-order valence-corrected chi connectivity index (χ2v) is 10.6. The van der Waals surface area contributed by atoms with Crippen molar-refractivity contribution < 1.29 is 101 Å². The maximum Gasteiger partial charge on any atom is 0.294 e. The number of hydrogen-bond donors (Lipinski definition) is 17. The Morgan fingerprint density at radius 2 is 1.11 bits per heavy atom. The largest absolute Gasteiger partial charge is 0.504 e. The molecule has 1 aliphatic carbocycles. The Morgan fingerprint density at radius 3 is 1.53 bits per heavy atom. The van der Waals surface area contributed by atoms with Gasteiger partial charge in [-0.25, -0.2) is 0 Å². The lowest BCUT2D eigenvalue weighted by Crippen LogP contribution is -2.95. The molecule has 2 aromatic carbocycles. The minimum Gasteiger partial charge on any atom is -0.504 e. The van der Waals surface area contributed by atoms with Crippen molar-refractivity contribution in [2.45, 2.75) is 53.4 Å². The number of Topliss-reactive ketones (excluding diaryl/α,β-unsaturated/α-hetero) is 1. The Morgan fingerprint density at radius 1 is 0.711 bits per heavy atom. The first-order valence-electron chi connectivity index (χ1n) is 12.2. The summed E-state index contributed by atoms with van der Waals surface area (Å²) in [5.74, 6) is -36.9. The van der Waals surface area contributed by atoms with Crippen LogP contribution >= 0.6 is 0 Å². The molecule has 1 atom stereocenters. The van der Waals surface area contributed by atoms with Gasteiger partial charge in [-0.1, -0.05) is 0 Å². The fraction of sp³-hybridized carbons (Fsp3) is 0.458. The van der Waals surface area contributed by atoms with E-state index in [-0.39, 0.29) is 22.6 Å². The van der Waals surface area contributed by atoms with E-state index < -0.39 is 98.3 Å². The van der Waals surface area contributed by atoms with Crippen molar-refractivity contribution in [2.24, 2.45) is 0 Å². The molecule has 2 aromatic rings. The topological polar surface area (TPSA) is 383 Å². The number of nitrogens with zero attached hydrogens (tertiary/aromatic N) is 1. The number of phenols is 5. The van der Waals surface area contributed by atoms with E-state index in [1.165, 1.54) is 14.2 Å². The van der Waals surface area contributed by atoms with Gasteiger partial charge in [-0.05, 0) is 17.7 Å². The summed E-state index contributed by atoms with van der Waals surface area (Å²) in [6, 6.07) is 2.19. The third kappa shape index (κ3) is 3.99. The molecule has 1 fully saturated rings. The fourth-order valence-corrected chi connectivity index (χ4v) is 5.61. The first-order chi connectivity index (χ1) is 20.2. The van der Waals surface area contributed by atoms with Crippen molar-refractivity contribution in [1.29, 1.82) is 0 Å². The zero-order chi connectivity index (χ0) is 34.7. The maximum atomic E-state index is 13.3. The number of aromatic hydroxyl groups is 5. The summed E-state index contributed by atoms with van der Waals surface area (Å²) in [5.41, 5.74) is -10.5. The average Bonchev–Trinajstić information content (AvgIpc) is 3.16. The molecule has 17 N–H and O–H groups in total. The quantitative estimate of drug-likeness (QED) is 0.0784. The fourth-order valence-electron chi connectivity index (χ4n) is 5.61. The summed E-state index contributed by atoms with van der Waals surface area (Å²) < 4.78 is 10.1. The van der Waals surface area contributed by atoms with Gasteiger partial charge in [-0.15, -0.1) is 4.90 Å². The van der Waals surface area contributed by atoms with Crippen LogP contribution in [0, 0.1) is 0 Å². The Balaban J connectivity index is 1.91. The molecular weight excluding hydrogens is 622 g/mol. The van der Waals surface area contributed by atoms with E-state index in [1.54, 1.807) is 0 Å². The van der Waals surface area contributed by atoms with Crippen molar-refractivity contribution in [1.82, 2.24) is 4.90 Å². The molecule has 1 aliphatic heterocycles. The second kappa shape index (κ2) is 9.60. The number of carbonyl (C=O) groups is 1. The molecule has 45 heavy (non-hydrogen) atoms. The molecule has 1 unspecified atom stereocenters. The zero-order valence-electron chi connectivity index (χ0n) is 22.8. The van der Waals surface area contributed by atoms with Crippen LogP contribution in [0.25, 0.3) is 0 Å². The van der Waals surface area contributed by atoms with Crippen molar-refractivity contribution in [3.8, 4) is 40.2 Å². The summed E-state index contributed by atoms with van der Waals surface area (Å²) >= 11 is 0. The van der Waals surface area contributed by atoms with Crippen LogP contribution in [0.15, 0.2) is 12.1 Å². The van der Waals surface area contributed by atoms with Gasteiger partial charge in [0.25, 0.3) is 29.3 Å². The summed E-state index contributed by atoms with van der Waals surface area (Å²) in [5, 5.41) is 180. The molecule has 4 rings (SSSR count). The number of benzene rings is 2. The molecule has 0 bridgehead atoms. The van der Waals surface area contributed by atoms with E-state index in [1.807, 2.05) is 0 Å². The Hall–Kier alpha value is -3.81. The van der Waals surface area contributed by atoms with Gasteiger partial charge < -0.3 is 96.3 Å². The highest BCUT2D eigenvalue weighted by atomic mass is 16.7. The van der Waals surface area contributed by atoms with E-state index in [9.17, 15) is 91.6 Å². The molecule has 2 aliphatic rings.